The van der Waals surface area contributed by atoms with Gasteiger partial charge >= 0.3 is 6.18 Å². The topological polar surface area (TPSA) is 81.1 Å². The Morgan fingerprint density at radius 1 is 1.08 bits per heavy atom. The number of hydrogen-bond acceptors (Lipinski definition) is 4. The molecule has 266 valence electrons. The molecule has 6 unspecified atom stereocenters. The van der Waals surface area contributed by atoms with Gasteiger partial charge in [0.15, 0.2) is 5.67 Å². The van der Waals surface area contributed by atoms with Crippen molar-refractivity contribution in [3.63, 3.8) is 0 Å². The van der Waals surface area contributed by atoms with E-state index in [0.717, 1.165) is 23.3 Å². The van der Waals surface area contributed by atoms with Crippen LogP contribution in [0.3, 0.4) is 0 Å². The van der Waals surface area contributed by atoms with Crippen molar-refractivity contribution in [2.75, 3.05) is 26.3 Å². The van der Waals surface area contributed by atoms with Crippen LogP contribution >= 0.6 is 0 Å². The summed E-state index contributed by atoms with van der Waals surface area (Å²) in [5.41, 5.74) is -1.83. The van der Waals surface area contributed by atoms with Crippen LogP contribution in [0.5, 0.6) is 0 Å². The lowest BCUT2D eigenvalue weighted by molar-refractivity contribution is -0.146. The van der Waals surface area contributed by atoms with Crippen molar-refractivity contribution in [1.29, 1.82) is 0 Å². The summed E-state index contributed by atoms with van der Waals surface area (Å²) in [5, 5.41) is 19.7. The number of aliphatic hydroxyl groups excluding tert-OH is 2. The van der Waals surface area contributed by atoms with Gasteiger partial charge in [0, 0.05) is 32.7 Å². The molecular formula is C39H48F4N2O4. The zero-order valence-corrected chi connectivity index (χ0v) is 28.8. The molecule has 2 aliphatic heterocycles. The summed E-state index contributed by atoms with van der Waals surface area (Å²) in [6.07, 6.45) is -0.251. The summed E-state index contributed by atoms with van der Waals surface area (Å²) in [4.78, 5) is 31.6. The molecule has 6 nitrogen and oxygen atoms in total. The van der Waals surface area contributed by atoms with Crippen LogP contribution in [0.15, 0.2) is 66.8 Å². The van der Waals surface area contributed by atoms with E-state index in [4.69, 9.17) is 0 Å². The van der Waals surface area contributed by atoms with Gasteiger partial charge < -0.3 is 20.0 Å². The second-order valence-corrected chi connectivity index (χ2v) is 14.4. The van der Waals surface area contributed by atoms with Gasteiger partial charge in [0.05, 0.1) is 23.1 Å². The quantitative estimate of drug-likeness (QED) is 0.181. The molecule has 0 aromatic heterocycles. The van der Waals surface area contributed by atoms with Crippen molar-refractivity contribution in [2.45, 2.75) is 89.6 Å². The lowest BCUT2D eigenvalue weighted by atomic mass is 9.77. The van der Waals surface area contributed by atoms with Gasteiger partial charge in [0.2, 0.25) is 11.8 Å². The Morgan fingerprint density at radius 2 is 1.73 bits per heavy atom. The normalized spacial score (nSPS) is 25.3. The highest BCUT2D eigenvalue weighted by atomic mass is 19.4. The molecule has 3 fully saturated rings. The van der Waals surface area contributed by atoms with E-state index in [-0.39, 0.29) is 79.2 Å². The number of amides is 2. The van der Waals surface area contributed by atoms with Crippen LogP contribution in [-0.4, -0.2) is 64.2 Å². The predicted molar refractivity (Wildman–Crippen MR) is 180 cm³/mol. The molecule has 6 atom stereocenters. The first-order valence-corrected chi connectivity index (χ1v) is 17.2. The van der Waals surface area contributed by atoms with Gasteiger partial charge in [0.25, 0.3) is 0 Å². The minimum Gasteiger partial charge on any atom is -0.396 e. The smallest absolute Gasteiger partial charge is 0.396 e. The fourth-order valence-electron chi connectivity index (χ4n) is 8.42. The average Bonchev–Trinajstić information content (AvgIpc) is 3.76. The summed E-state index contributed by atoms with van der Waals surface area (Å²) < 4.78 is 58.3. The Balaban J connectivity index is 1.40. The SMILES string of the molecule is C=C(C)C(F)(C=CC)c1cc(C(C)C2CC2CC(=O)N2CCN3C(=O)C(CCO)(CCO)CC3C2c2ccccc2C)cc(C(F)(F)F)c1. The Hall–Kier alpha value is -3.50. The second kappa shape index (κ2) is 14.0. The Kier molecular flexibility index (Phi) is 10.5. The zero-order chi connectivity index (χ0) is 35.9. The number of benzene rings is 2. The molecule has 5 rings (SSSR count). The van der Waals surface area contributed by atoms with Gasteiger partial charge in [-0.2, -0.15) is 13.2 Å². The van der Waals surface area contributed by atoms with E-state index >= 15 is 4.39 Å². The van der Waals surface area contributed by atoms with E-state index < -0.39 is 28.9 Å². The third-order valence-corrected chi connectivity index (χ3v) is 11.3. The van der Waals surface area contributed by atoms with E-state index in [0.29, 0.717) is 31.5 Å². The number of aliphatic hydroxyl groups is 2. The largest absolute Gasteiger partial charge is 0.416 e. The van der Waals surface area contributed by atoms with Crippen LogP contribution in [-0.2, 0) is 21.4 Å². The number of aryl methyl sites for hydroxylation is 1. The number of nitrogens with zero attached hydrogens (tertiary/aromatic N) is 2. The van der Waals surface area contributed by atoms with Gasteiger partial charge in [-0.15, -0.1) is 0 Å². The van der Waals surface area contributed by atoms with Crippen molar-refractivity contribution in [2.24, 2.45) is 17.3 Å². The van der Waals surface area contributed by atoms with Gasteiger partial charge in [-0.05, 0) is 110 Å². The van der Waals surface area contributed by atoms with Crippen molar-refractivity contribution in [1.82, 2.24) is 9.80 Å². The van der Waals surface area contributed by atoms with Crippen molar-refractivity contribution < 1.29 is 37.4 Å². The molecule has 3 aliphatic rings. The minimum absolute atomic E-state index is 0.0593. The van der Waals surface area contributed by atoms with E-state index in [1.54, 1.807) is 6.92 Å². The van der Waals surface area contributed by atoms with Crippen molar-refractivity contribution in [3.8, 4) is 0 Å². The maximum Gasteiger partial charge on any atom is 0.416 e. The van der Waals surface area contributed by atoms with Crippen molar-refractivity contribution >= 4 is 11.8 Å². The molecule has 2 aromatic rings. The van der Waals surface area contributed by atoms with Crippen LogP contribution in [0.25, 0.3) is 0 Å². The Morgan fingerprint density at radius 3 is 2.33 bits per heavy atom. The summed E-state index contributed by atoms with van der Waals surface area (Å²) in [5.74, 6) is -0.649. The number of alkyl halides is 4. The van der Waals surface area contributed by atoms with Crippen LogP contribution in [0.1, 0.15) is 92.7 Å². The molecule has 49 heavy (non-hydrogen) atoms. The number of allylic oxidation sites excluding steroid dienone is 3. The average molecular weight is 685 g/mol. The number of fused-ring (bicyclic) bond motifs is 1. The highest BCUT2D eigenvalue weighted by Gasteiger charge is 2.56. The maximum absolute atomic E-state index is 16.1. The Bertz CT molecular complexity index is 1600. The van der Waals surface area contributed by atoms with Crippen molar-refractivity contribution in [3.05, 3.63) is 94.6 Å². The summed E-state index contributed by atoms with van der Waals surface area (Å²) in [6, 6.07) is 10.5. The van der Waals surface area contributed by atoms with E-state index in [1.807, 2.05) is 47.9 Å². The monoisotopic (exact) mass is 684 g/mol. The van der Waals surface area contributed by atoms with E-state index in [1.165, 1.54) is 25.1 Å². The summed E-state index contributed by atoms with van der Waals surface area (Å²) in [7, 11) is 0. The summed E-state index contributed by atoms with van der Waals surface area (Å²) >= 11 is 0. The number of carbonyl (C=O) groups excluding carboxylic acids is 2. The molecular weight excluding hydrogens is 636 g/mol. The highest BCUT2D eigenvalue weighted by molar-refractivity contribution is 5.86. The number of rotatable bonds is 12. The first kappa shape index (κ1) is 36.8. The highest BCUT2D eigenvalue weighted by Crippen LogP contribution is 2.53. The number of piperazine rings is 1. The molecule has 1 saturated carbocycles. The first-order chi connectivity index (χ1) is 23.1. The maximum atomic E-state index is 16.1. The van der Waals surface area contributed by atoms with Crippen LogP contribution in [0.2, 0.25) is 0 Å². The molecule has 2 saturated heterocycles. The zero-order valence-electron chi connectivity index (χ0n) is 28.8. The second-order valence-electron chi connectivity index (χ2n) is 14.4. The number of carbonyl (C=O) groups is 2. The molecule has 0 radical (unpaired) electrons. The lowest BCUT2D eigenvalue weighted by Crippen LogP contribution is -2.55. The fraction of sp³-hybridized carbons (Fsp3) is 0.538. The lowest BCUT2D eigenvalue weighted by Gasteiger charge is -2.45. The molecule has 2 aromatic carbocycles. The molecule has 10 heteroatoms. The van der Waals surface area contributed by atoms with Gasteiger partial charge in [-0.3, -0.25) is 9.59 Å². The molecule has 2 heterocycles. The standard InChI is InChI=1S/C39H48F4N2O4/c1-6-11-38(40,24(2)3)29-18-27(19-30(22-29)39(41,42)43)26(5)32-20-28(32)21-34(48)45-15-14-44-33(35(45)31-10-8-7-9-25(31)4)23-37(12-16-46,13-17-47)36(44)49/h6-11,18-19,22,26,28,32-33,35,46-47H,2,12-17,20-21,23H2,1,3-5H3. The third-order valence-electron chi connectivity index (χ3n) is 11.3. The van der Waals surface area contributed by atoms with Crippen LogP contribution in [0.4, 0.5) is 17.6 Å². The van der Waals surface area contributed by atoms with Gasteiger partial charge in [-0.25, -0.2) is 4.39 Å². The van der Waals surface area contributed by atoms with Crippen LogP contribution < -0.4 is 0 Å². The number of halogens is 4. The number of hydrogen-bond donors (Lipinski definition) is 2. The Labute approximate surface area is 286 Å². The fourth-order valence-corrected chi connectivity index (χ4v) is 8.42. The van der Waals surface area contributed by atoms with Gasteiger partial charge in [-0.1, -0.05) is 49.9 Å². The van der Waals surface area contributed by atoms with Crippen LogP contribution in [0, 0.1) is 24.2 Å². The summed E-state index contributed by atoms with van der Waals surface area (Å²) in [6.45, 7) is 10.9. The molecule has 0 bridgehead atoms. The predicted octanol–water partition coefficient (Wildman–Crippen LogP) is 7.40. The molecule has 1 aliphatic carbocycles. The minimum atomic E-state index is -4.67. The molecule has 2 amide bonds. The third kappa shape index (κ3) is 6.96. The van der Waals surface area contributed by atoms with E-state index in [9.17, 15) is 33.0 Å². The molecule has 0 spiro atoms. The van der Waals surface area contributed by atoms with E-state index in [2.05, 4.69) is 6.58 Å². The molecule has 2 N–H and O–H groups in total. The first-order valence-electron chi connectivity index (χ1n) is 17.2. The van der Waals surface area contributed by atoms with Gasteiger partial charge in [0.1, 0.15) is 0 Å².